The van der Waals surface area contributed by atoms with Crippen LogP contribution in [0.5, 0.6) is 17.2 Å². The molecule has 104 valence electrons. The second kappa shape index (κ2) is 3.77. The lowest BCUT2D eigenvalue weighted by Crippen LogP contribution is -2.12. The van der Waals surface area contributed by atoms with Gasteiger partial charge < -0.3 is 36.4 Å². The van der Waals surface area contributed by atoms with Crippen molar-refractivity contribution in [2.24, 2.45) is 0 Å². The fraction of sp³-hybridized carbons (Fsp3) is 0.333. The third kappa shape index (κ3) is 1.63. The first-order valence-electron chi connectivity index (χ1n) is 5.47. The lowest BCUT2D eigenvalue weighted by Gasteiger charge is -2.16. The molecular weight excluding hydrogens is 254 g/mol. The minimum absolute atomic E-state index is 0.0137. The smallest absolute Gasteiger partial charge is 0.200 e. The second-order valence-electron chi connectivity index (χ2n) is 4.73. The molecule has 0 spiro atoms. The van der Waals surface area contributed by atoms with Crippen LogP contribution in [0.15, 0.2) is 6.58 Å². The molecule has 1 aromatic rings. The van der Waals surface area contributed by atoms with E-state index in [0.29, 0.717) is 5.57 Å². The Labute approximate surface area is 108 Å². The maximum Gasteiger partial charge on any atom is 0.200 e. The second-order valence-corrected chi connectivity index (χ2v) is 4.73. The highest BCUT2D eigenvalue weighted by molar-refractivity contribution is 5.85. The van der Waals surface area contributed by atoms with E-state index in [4.69, 9.17) is 5.73 Å². The number of allylic oxidation sites excluding steroid dienone is 1. The zero-order valence-electron chi connectivity index (χ0n) is 10.1. The summed E-state index contributed by atoms with van der Waals surface area (Å²) < 4.78 is 0. The molecule has 0 unspecified atom stereocenters. The van der Waals surface area contributed by atoms with E-state index in [2.05, 4.69) is 6.58 Å². The molecule has 0 bridgehead atoms. The number of anilines is 1. The molecule has 2 rings (SSSR count). The van der Waals surface area contributed by atoms with Crippen molar-refractivity contribution >= 4 is 11.3 Å². The van der Waals surface area contributed by atoms with Gasteiger partial charge in [-0.15, -0.1) is 0 Å². The van der Waals surface area contributed by atoms with E-state index in [1.807, 2.05) is 0 Å². The summed E-state index contributed by atoms with van der Waals surface area (Å²) in [5.41, 5.74) is 5.21. The van der Waals surface area contributed by atoms with Gasteiger partial charge in [0.25, 0.3) is 0 Å². The molecule has 8 N–H and O–H groups in total. The predicted octanol–water partition coefficient (Wildman–Crippen LogP) is -0.442. The van der Waals surface area contributed by atoms with Gasteiger partial charge in [0.1, 0.15) is 11.9 Å². The summed E-state index contributed by atoms with van der Waals surface area (Å²) in [6.45, 7) is 5.09. The summed E-state index contributed by atoms with van der Waals surface area (Å²) in [6.07, 6.45) is -1.58. The van der Waals surface area contributed by atoms with E-state index >= 15 is 0 Å². The average Bonchev–Trinajstić information content (AvgIpc) is 2.77. The molecule has 0 radical (unpaired) electrons. The average molecular weight is 269 g/mol. The van der Waals surface area contributed by atoms with Gasteiger partial charge in [-0.25, -0.2) is 0 Å². The number of nitrogen functional groups attached to an aromatic ring is 1. The molecule has 2 atom stereocenters. The molecule has 0 heterocycles. The summed E-state index contributed by atoms with van der Waals surface area (Å²) >= 11 is 0. The number of phenolic OH excluding ortho intramolecular Hbond substituents is 3. The molecule has 0 saturated heterocycles. The zero-order chi connectivity index (χ0) is 14.7. The Hall–Kier alpha value is -1.96. The molecule has 0 aromatic heterocycles. The largest absolute Gasteiger partial charge is 0.507 e. The standard InChI is InChI=1S/C12H15NO6/c1-3(2)4-7(13)10(16)9(15)5(8(4)14)6-11(17)12(6,18)19/h6,11,14-19H,1,13H2,2H3/t6-,11+/m0/s1. The first-order chi connectivity index (χ1) is 8.62. The molecule has 7 heteroatoms. The van der Waals surface area contributed by atoms with Gasteiger partial charge in [-0.2, -0.15) is 0 Å². The predicted molar refractivity (Wildman–Crippen MR) is 66.5 cm³/mol. The number of aromatic hydroxyl groups is 3. The van der Waals surface area contributed by atoms with Crippen LogP contribution in [0.3, 0.4) is 0 Å². The number of aliphatic hydroxyl groups excluding tert-OH is 1. The van der Waals surface area contributed by atoms with Crippen molar-refractivity contribution in [3.63, 3.8) is 0 Å². The lowest BCUT2D eigenvalue weighted by atomic mass is 9.96. The van der Waals surface area contributed by atoms with Gasteiger partial charge in [0.05, 0.1) is 17.2 Å². The molecular formula is C12H15NO6. The Morgan fingerprint density at radius 1 is 1.16 bits per heavy atom. The van der Waals surface area contributed by atoms with Gasteiger partial charge >= 0.3 is 0 Å². The van der Waals surface area contributed by atoms with Gasteiger partial charge in [0.2, 0.25) is 0 Å². The van der Waals surface area contributed by atoms with Crippen LogP contribution in [0.2, 0.25) is 0 Å². The van der Waals surface area contributed by atoms with Crippen molar-refractivity contribution in [3.8, 4) is 17.2 Å². The van der Waals surface area contributed by atoms with Gasteiger partial charge in [-0.05, 0) is 12.5 Å². The van der Waals surface area contributed by atoms with Crippen LogP contribution in [-0.2, 0) is 0 Å². The van der Waals surface area contributed by atoms with E-state index in [0.717, 1.165) is 0 Å². The fourth-order valence-electron chi connectivity index (χ4n) is 2.19. The minimum atomic E-state index is -2.47. The van der Waals surface area contributed by atoms with Crippen LogP contribution in [0, 0.1) is 0 Å². The lowest BCUT2D eigenvalue weighted by molar-refractivity contribution is -0.101. The van der Waals surface area contributed by atoms with E-state index < -0.39 is 35.1 Å². The van der Waals surface area contributed by atoms with Gasteiger partial charge in [-0.3, -0.25) is 0 Å². The zero-order valence-corrected chi connectivity index (χ0v) is 10.1. The van der Waals surface area contributed by atoms with Crippen LogP contribution < -0.4 is 5.73 Å². The van der Waals surface area contributed by atoms with E-state index in [1.54, 1.807) is 0 Å². The molecule has 1 fully saturated rings. The van der Waals surface area contributed by atoms with Crippen molar-refractivity contribution in [3.05, 3.63) is 17.7 Å². The van der Waals surface area contributed by atoms with Crippen molar-refractivity contribution in [1.82, 2.24) is 0 Å². The Morgan fingerprint density at radius 2 is 1.63 bits per heavy atom. The van der Waals surface area contributed by atoms with Crippen molar-refractivity contribution in [2.75, 3.05) is 5.73 Å². The summed E-state index contributed by atoms with van der Waals surface area (Å²) in [5, 5.41) is 57.7. The number of benzene rings is 1. The van der Waals surface area contributed by atoms with E-state index in [-0.39, 0.29) is 16.8 Å². The molecule has 0 aliphatic heterocycles. The molecule has 1 aliphatic carbocycles. The quantitative estimate of drug-likeness (QED) is 0.166. The topological polar surface area (TPSA) is 147 Å². The maximum atomic E-state index is 10.1. The van der Waals surface area contributed by atoms with Crippen molar-refractivity contribution < 1.29 is 30.6 Å². The van der Waals surface area contributed by atoms with E-state index in [1.165, 1.54) is 6.92 Å². The number of aliphatic hydroxyl groups is 3. The molecule has 7 nitrogen and oxygen atoms in total. The number of hydrogen-bond acceptors (Lipinski definition) is 7. The van der Waals surface area contributed by atoms with Gasteiger partial charge in [0.15, 0.2) is 17.3 Å². The number of nitrogens with two attached hydrogens (primary N) is 1. The Balaban J connectivity index is 2.73. The number of phenols is 3. The van der Waals surface area contributed by atoms with Gasteiger partial charge in [-0.1, -0.05) is 6.58 Å². The molecule has 1 aromatic carbocycles. The highest BCUT2D eigenvalue weighted by atomic mass is 16.5. The summed E-state index contributed by atoms with van der Waals surface area (Å²) in [4.78, 5) is 0. The van der Waals surface area contributed by atoms with Gasteiger partial charge in [0, 0.05) is 5.56 Å². The third-order valence-corrected chi connectivity index (χ3v) is 3.33. The van der Waals surface area contributed by atoms with Crippen LogP contribution >= 0.6 is 0 Å². The first kappa shape index (κ1) is 13.5. The van der Waals surface area contributed by atoms with Crippen LogP contribution in [-0.4, -0.2) is 42.5 Å². The third-order valence-electron chi connectivity index (χ3n) is 3.33. The minimum Gasteiger partial charge on any atom is -0.507 e. The molecule has 1 saturated carbocycles. The molecule has 0 amide bonds. The normalized spacial score (nSPS) is 24.2. The van der Waals surface area contributed by atoms with Crippen LogP contribution in [0.1, 0.15) is 24.0 Å². The Kier molecular flexibility index (Phi) is 2.67. The number of hydrogen-bond donors (Lipinski definition) is 7. The maximum absolute atomic E-state index is 10.1. The molecule has 19 heavy (non-hydrogen) atoms. The highest BCUT2D eigenvalue weighted by Crippen LogP contribution is 2.59. The first-order valence-corrected chi connectivity index (χ1v) is 5.47. The summed E-state index contributed by atoms with van der Waals surface area (Å²) in [6, 6.07) is 0. The van der Waals surface area contributed by atoms with Crippen LogP contribution in [0.25, 0.3) is 5.57 Å². The highest BCUT2D eigenvalue weighted by Gasteiger charge is 2.66. The van der Waals surface area contributed by atoms with E-state index in [9.17, 15) is 30.6 Å². The molecule has 1 aliphatic rings. The summed E-state index contributed by atoms with van der Waals surface area (Å²) in [7, 11) is 0. The fourth-order valence-corrected chi connectivity index (χ4v) is 2.19. The summed E-state index contributed by atoms with van der Waals surface area (Å²) in [5.74, 6) is -5.86. The Morgan fingerprint density at radius 3 is 2.00 bits per heavy atom. The van der Waals surface area contributed by atoms with Crippen molar-refractivity contribution in [1.29, 1.82) is 0 Å². The van der Waals surface area contributed by atoms with Crippen molar-refractivity contribution in [2.45, 2.75) is 24.7 Å². The SMILES string of the molecule is C=C(C)c1c(N)c(O)c(O)c([C@H]2[C@@H](O)C2(O)O)c1O. The number of rotatable bonds is 2. The Bertz CT molecular complexity index is 580. The van der Waals surface area contributed by atoms with Crippen LogP contribution in [0.4, 0.5) is 5.69 Å². The monoisotopic (exact) mass is 269 g/mol.